The number of aryl methyl sites for hydroxylation is 1. The average Bonchev–Trinajstić information content (AvgIpc) is 2.75. The minimum absolute atomic E-state index is 0.0116. The third-order valence-electron chi connectivity index (χ3n) is 7.91. The second-order valence-electron chi connectivity index (χ2n) is 9.98. The minimum atomic E-state index is -2.77. The zero-order valence-electron chi connectivity index (χ0n) is 20.0. The van der Waals surface area contributed by atoms with Crippen molar-refractivity contribution in [2.45, 2.75) is 44.8 Å². The molecule has 0 bridgehead atoms. The van der Waals surface area contributed by atoms with Gasteiger partial charge in [0.05, 0.1) is 23.1 Å². The van der Waals surface area contributed by atoms with Crippen molar-refractivity contribution >= 4 is 34.8 Å². The number of nitrogens with zero attached hydrogens (tertiary/aromatic N) is 1. The van der Waals surface area contributed by atoms with E-state index in [4.69, 9.17) is 5.73 Å². The molecule has 10 heteroatoms. The maximum Gasteiger partial charge on any atom is 0.235 e. The zero-order valence-corrected chi connectivity index (χ0v) is 20.0. The summed E-state index contributed by atoms with van der Waals surface area (Å²) >= 11 is 0. The van der Waals surface area contributed by atoms with Gasteiger partial charge in [0.25, 0.3) is 0 Å². The van der Waals surface area contributed by atoms with Crippen LogP contribution < -0.4 is 5.73 Å². The quantitative estimate of drug-likeness (QED) is 0.381. The van der Waals surface area contributed by atoms with Crippen LogP contribution in [0.5, 0.6) is 5.75 Å². The van der Waals surface area contributed by atoms with Crippen molar-refractivity contribution in [1.82, 2.24) is 4.90 Å². The second kappa shape index (κ2) is 8.17. The summed E-state index contributed by atoms with van der Waals surface area (Å²) in [5, 5.41) is 22.3. The highest BCUT2D eigenvalue weighted by Gasteiger charge is 2.69. The molecule has 3 aliphatic rings. The van der Waals surface area contributed by atoms with Gasteiger partial charge in [0.15, 0.2) is 40.4 Å². The van der Waals surface area contributed by atoms with E-state index in [1.807, 2.05) is 6.92 Å². The van der Waals surface area contributed by atoms with E-state index in [0.29, 0.717) is 17.5 Å². The second-order valence-corrected chi connectivity index (χ2v) is 9.98. The van der Waals surface area contributed by atoms with Gasteiger partial charge in [-0.15, -0.1) is 0 Å². The Hall–Kier alpha value is -3.24. The molecule has 3 aliphatic carbocycles. The van der Waals surface area contributed by atoms with Crippen LogP contribution in [0.4, 0.5) is 0 Å². The average molecular weight is 485 g/mol. The van der Waals surface area contributed by atoms with Gasteiger partial charge in [-0.05, 0) is 63.4 Å². The highest BCUT2D eigenvalue weighted by molar-refractivity contribution is 6.32. The zero-order chi connectivity index (χ0) is 26.1. The number of phenolic OH excluding ortho intramolecular Hbond substituents is 1. The molecule has 1 aromatic carbocycles. The van der Waals surface area contributed by atoms with Crippen LogP contribution in [0.3, 0.4) is 0 Å². The predicted molar refractivity (Wildman–Crippen MR) is 121 cm³/mol. The molecule has 35 heavy (non-hydrogen) atoms. The first-order chi connectivity index (χ1) is 16.3. The van der Waals surface area contributed by atoms with Gasteiger partial charge < -0.3 is 15.9 Å². The smallest absolute Gasteiger partial charge is 0.235 e. The molecule has 2 saturated carbocycles. The van der Waals surface area contributed by atoms with Crippen LogP contribution in [-0.4, -0.2) is 75.7 Å². The Labute approximate surface area is 201 Å². The van der Waals surface area contributed by atoms with E-state index in [1.54, 1.807) is 6.07 Å². The third kappa shape index (κ3) is 3.23. The Morgan fingerprint density at radius 1 is 1.17 bits per heavy atom. The Balaban J connectivity index is 1.91. The molecule has 0 spiro atoms. The van der Waals surface area contributed by atoms with Crippen molar-refractivity contribution in [3.05, 3.63) is 28.3 Å². The first-order valence-corrected chi connectivity index (χ1v) is 11.5. The fourth-order valence-corrected chi connectivity index (χ4v) is 6.33. The number of aromatic hydroxyl groups is 1. The Bertz CT molecular complexity index is 1220. The summed E-state index contributed by atoms with van der Waals surface area (Å²) in [7, 11) is 3.07. The number of amides is 1. The van der Waals surface area contributed by atoms with Crippen molar-refractivity contribution in [3.63, 3.8) is 0 Å². The van der Waals surface area contributed by atoms with E-state index in [-0.39, 0.29) is 24.0 Å². The summed E-state index contributed by atoms with van der Waals surface area (Å²) in [5.74, 6) is -11.5. The summed E-state index contributed by atoms with van der Waals surface area (Å²) in [5.41, 5.74) is 3.53. The fraction of sp³-hybridized carbons (Fsp3) is 0.520. The molecule has 0 heterocycles. The molecular weight excluding hydrogens is 456 g/mol. The van der Waals surface area contributed by atoms with Gasteiger partial charge in [-0.1, -0.05) is 6.92 Å². The lowest BCUT2D eigenvalue weighted by Crippen LogP contribution is -2.74. The molecule has 4 N–H and O–H groups in total. The third-order valence-corrected chi connectivity index (χ3v) is 7.91. The van der Waals surface area contributed by atoms with Crippen molar-refractivity contribution in [3.8, 4) is 5.75 Å². The van der Waals surface area contributed by atoms with E-state index in [2.05, 4.69) is 0 Å². The molecule has 1 amide bonds. The van der Waals surface area contributed by atoms with Crippen LogP contribution in [-0.2, 0) is 32.0 Å². The van der Waals surface area contributed by atoms with Gasteiger partial charge in [0.2, 0.25) is 5.91 Å². The number of nitrogens with two attached hydrogens (primary N) is 1. The highest BCUT2D eigenvalue weighted by atomic mass is 16.3. The Kier molecular flexibility index (Phi) is 5.80. The monoisotopic (exact) mass is 484 g/mol. The van der Waals surface area contributed by atoms with Gasteiger partial charge in [-0.3, -0.25) is 33.7 Å². The molecule has 2 unspecified atom stereocenters. The number of fused-ring (bicyclic) bond motifs is 3. The first kappa shape index (κ1) is 24.9. The summed E-state index contributed by atoms with van der Waals surface area (Å²) in [6.45, 7) is 3.08. The lowest BCUT2D eigenvalue weighted by Gasteiger charge is -2.52. The van der Waals surface area contributed by atoms with Crippen molar-refractivity contribution in [1.29, 1.82) is 0 Å². The topological polar surface area (TPSA) is 172 Å². The van der Waals surface area contributed by atoms with Crippen LogP contribution in [0.15, 0.2) is 6.07 Å². The number of likely N-dealkylation sites (N-methyl/N-ethyl adjacent to an activating group) is 1. The number of carbonyl (C=O) groups is 6. The number of hydrogen-bond donors (Lipinski definition) is 3. The number of ketones is 5. The van der Waals surface area contributed by atoms with E-state index >= 15 is 0 Å². The molecule has 186 valence electrons. The SMILES string of the molecule is CCc1cc(C(C)=O)c(O)c2c1C[C@@H]1C[C@@H]3[C@@H](N(C)C)C(=O)C(C(N)=O)C(=O)[C@]3(O)C(=O)C1C2=O. The number of carbonyl (C=O) groups excluding carboxylic acids is 6. The fourth-order valence-electron chi connectivity index (χ4n) is 6.33. The summed E-state index contributed by atoms with van der Waals surface area (Å²) in [6.07, 6.45) is 0.634. The number of primary amides is 1. The molecule has 0 saturated heterocycles. The first-order valence-electron chi connectivity index (χ1n) is 11.5. The summed E-state index contributed by atoms with van der Waals surface area (Å²) < 4.78 is 0. The Morgan fingerprint density at radius 2 is 1.80 bits per heavy atom. The maximum atomic E-state index is 13.8. The molecule has 1 aromatic rings. The van der Waals surface area contributed by atoms with Gasteiger partial charge in [-0.2, -0.15) is 0 Å². The predicted octanol–water partition coefficient (Wildman–Crippen LogP) is -0.368. The van der Waals surface area contributed by atoms with Gasteiger partial charge in [0, 0.05) is 5.92 Å². The lowest BCUT2D eigenvalue weighted by atomic mass is 9.52. The number of benzene rings is 1. The van der Waals surface area contributed by atoms with Crippen LogP contribution >= 0.6 is 0 Å². The standard InChI is InChI=1S/C25H28N2O8/c1-5-10-6-12(9(2)28)19(29)16-13(10)7-11-8-14-18(27(3)4)21(31)17(24(26)34)23(33)25(14,35)22(32)15(11)20(16)30/h6,11,14-15,17-18,29,35H,5,7-8H2,1-4H3,(H2,26,34)/t11-,14-,15?,17?,18-,25-/m1/s1. The molecule has 0 radical (unpaired) electrons. The van der Waals surface area contributed by atoms with Crippen LogP contribution in [0.25, 0.3) is 0 Å². The van der Waals surface area contributed by atoms with E-state index in [1.165, 1.54) is 25.9 Å². The summed E-state index contributed by atoms with van der Waals surface area (Å²) in [6, 6.07) is 0.398. The highest BCUT2D eigenvalue weighted by Crippen LogP contribution is 2.51. The van der Waals surface area contributed by atoms with E-state index < -0.39 is 75.9 Å². The van der Waals surface area contributed by atoms with Crippen LogP contribution in [0.1, 0.15) is 52.1 Å². The molecule has 6 atom stereocenters. The number of Topliss-reactive ketones (excluding diaryl/α,β-unsaturated/α-hetero) is 5. The molecule has 10 nitrogen and oxygen atoms in total. The van der Waals surface area contributed by atoms with Gasteiger partial charge in [-0.25, -0.2) is 0 Å². The van der Waals surface area contributed by atoms with E-state index in [0.717, 1.165) is 0 Å². The van der Waals surface area contributed by atoms with E-state index in [9.17, 15) is 39.0 Å². The maximum absolute atomic E-state index is 13.8. The van der Waals surface area contributed by atoms with Crippen LogP contribution in [0.2, 0.25) is 0 Å². The number of rotatable bonds is 4. The molecule has 0 aromatic heterocycles. The Morgan fingerprint density at radius 3 is 2.31 bits per heavy atom. The van der Waals surface area contributed by atoms with Crippen LogP contribution in [0, 0.1) is 23.7 Å². The lowest BCUT2D eigenvalue weighted by molar-refractivity contribution is -0.181. The van der Waals surface area contributed by atoms with Crippen molar-refractivity contribution in [2.75, 3.05) is 14.1 Å². The van der Waals surface area contributed by atoms with Crippen molar-refractivity contribution < 1.29 is 39.0 Å². The number of hydrogen-bond acceptors (Lipinski definition) is 9. The molecule has 0 aliphatic heterocycles. The van der Waals surface area contributed by atoms with Crippen molar-refractivity contribution in [2.24, 2.45) is 29.4 Å². The normalized spacial score (nSPS) is 32.2. The molecular formula is C25H28N2O8. The number of aliphatic hydroxyl groups is 1. The van der Waals surface area contributed by atoms with Gasteiger partial charge in [0.1, 0.15) is 5.75 Å². The van der Waals surface area contributed by atoms with Gasteiger partial charge >= 0.3 is 0 Å². The number of phenols is 1. The largest absolute Gasteiger partial charge is 0.506 e. The minimum Gasteiger partial charge on any atom is -0.506 e. The molecule has 2 fully saturated rings. The molecule has 4 rings (SSSR count). The summed E-state index contributed by atoms with van der Waals surface area (Å²) in [4.78, 5) is 79.2.